The van der Waals surface area contributed by atoms with Gasteiger partial charge < -0.3 is 5.32 Å². The largest absolute Gasteiger partial charge is 0.345 e. The van der Waals surface area contributed by atoms with Gasteiger partial charge in [0.15, 0.2) is 5.57 Å². The standard InChI is InChI=1S/C16H16N4/c1-2-3-4-5-13-6-8-15(9-7-13)20-16(12-19)14(10-17)11-18/h6-9,20H,2-5H2,1H3. The molecule has 0 aliphatic carbocycles. The molecule has 4 nitrogen and oxygen atoms in total. The molecule has 0 saturated heterocycles. The van der Waals surface area contributed by atoms with Crippen molar-refractivity contribution in [2.24, 2.45) is 0 Å². The number of nitrogens with zero attached hydrogens (tertiary/aromatic N) is 3. The predicted molar refractivity (Wildman–Crippen MR) is 77.2 cm³/mol. The van der Waals surface area contributed by atoms with Crippen molar-refractivity contribution in [1.82, 2.24) is 0 Å². The van der Waals surface area contributed by atoms with E-state index in [1.165, 1.54) is 24.8 Å². The summed E-state index contributed by atoms with van der Waals surface area (Å²) in [5, 5.41) is 29.2. The Labute approximate surface area is 119 Å². The molecule has 0 bridgehead atoms. The van der Waals surface area contributed by atoms with Crippen LogP contribution in [0.4, 0.5) is 5.69 Å². The second-order valence-corrected chi connectivity index (χ2v) is 4.36. The van der Waals surface area contributed by atoms with Gasteiger partial charge in [-0.05, 0) is 30.5 Å². The van der Waals surface area contributed by atoms with E-state index in [1.54, 1.807) is 12.1 Å². The average molecular weight is 264 g/mol. The van der Waals surface area contributed by atoms with E-state index in [0.29, 0.717) is 5.69 Å². The maximum absolute atomic E-state index is 8.95. The minimum absolute atomic E-state index is 0.0197. The first-order valence-corrected chi connectivity index (χ1v) is 6.55. The van der Waals surface area contributed by atoms with Crippen LogP contribution in [0.1, 0.15) is 31.7 Å². The molecule has 0 aromatic heterocycles. The van der Waals surface area contributed by atoms with Gasteiger partial charge in [-0.3, -0.25) is 0 Å². The zero-order valence-electron chi connectivity index (χ0n) is 11.5. The van der Waals surface area contributed by atoms with E-state index >= 15 is 0 Å². The van der Waals surface area contributed by atoms with Crippen molar-refractivity contribution in [1.29, 1.82) is 15.8 Å². The molecule has 0 unspecified atom stereocenters. The van der Waals surface area contributed by atoms with Crippen molar-refractivity contribution in [3.05, 3.63) is 41.1 Å². The Balaban J connectivity index is 2.76. The molecular formula is C16H16N4. The molecule has 1 rings (SSSR count). The SMILES string of the molecule is CCCCCc1ccc(NC(C#N)=C(C#N)C#N)cc1. The minimum Gasteiger partial charge on any atom is -0.345 e. The van der Waals surface area contributed by atoms with E-state index in [1.807, 2.05) is 30.3 Å². The monoisotopic (exact) mass is 264 g/mol. The Morgan fingerprint density at radius 2 is 1.65 bits per heavy atom. The van der Waals surface area contributed by atoms with Gasteiger partial charge in [-0.2, -0.15) is 15.8 Å². The number of anilines is 1. The summed E-state index contributed by atoms with van der Waals surface area (Å²) in [5.41, 5.74) is 1.71. The van der Waals surface area contributed by atoms with Gasteiger partial charge in [0.25, 0.3) is 0 Å². The number of rotatable bonds is 6. The van der Waals surface area contributed by atoms with Gasteiger partial charge in [-0.25, -0.2) is 0 Å². The Hall–Kier alpha value is -2.77. The molecule has 100 valence electrons. The van der Waals surface area contributed by atoms with Crippen LogP contribution in [0.25, 0.3) is 0 Å². The summed E-state index contributed by atoms with van der Waals surface area (Å²) in [4.78, 5) is 0. The van der Waals surface area contributed by atoms with Crippen molar-refractivity contribution in [3.63, 3.8) is 0 Å². The lowest BCUT2D eigenvalue weighted by Crippen LogP contribution is -2.00. The third kappa shape index (κ3) is 4.48. The fourth-order valence-corrected chi connectivity index (χ4v) is 1.76. The van der Waals surface area contributed by atoms with E-state index in [4.69, 9.17) is 15.8 Å². The Morgan fingerprint density at radius 3 is 2.15 bits per heavy atom. The zero-order chi connectivity index (χ0) is 14.8. The van der Waals surface area contributed by atoms with Crippen molar-refractivity contribution >= 4 is 5.69 Å². The zero-order valence-corrected chi connectivity index (χ0v) is 11.5. The molecule has 4 heteroatoms. The Kier molecular flexibility index (Phi) is 6.38. The Morgan fingerprint density at radius 1 is 1.00 bits per heavy atom. The summed E-state index contributed by atoms with van der Waals surface area (Å²) < 4.78 is 0. The molecule has 0 saturated carbocycles. The second-order valence-electron chi connectivity index (χ2n) is 4.36. The molecule has 0 aliphatic heterocycles. The summed E-state index contributed by atoms with van der Waals surface area (Å²) in [7, 11) is 0. The van der Waals surface area contributed by atoms with E-state index in [2.05, 4.69) is 12.2 Å². The number of unbranched alkanes of at least 4 members (excludes halogenated alkanes) is 2. The lowest BCUT2D eigenvalue weighted by Gasteiger charge is -2.06. The van der Waals surface area contributed by atoms with Crippen LogP contribution in [0, 0.1) is 34.0 Å². The van der Waals surface area contributed by atoms with E-state index in [0.717, 1.165) is 6.42 Å². The van der Waals surface area contributed by atoms with Crippen LogP contribution in [-0.2, 0) is 6.42 Å². The predicted octanol–water partition coefficient (Wildman–Crippen LogP) is 3.66. The summed E-state index contributed by atoms with van der Waals surface area (Å²) >= 11 is 0. The van der Waals surface area contributed by atoms with Crippen molar-refractivity contribution < 1.29 is 0 Å². The first-order chi connectivity index (χ1) is 9.74. The smallest absolute Gasteiger partial charge is 0.163 e. The summed E-state index contributed by atoms with van der Waals surface area (Å²) in [5.74, 6) is 0. The number of aryl methyl sites for hydroxylation is 1. The molecule has 0 aliphatic rings. The summed E-state index contributed by atoms with van der Waals surface area (Å²) in [6, 6.07) is 12.9. The minimum atomic E-state index is -0.209. The van der Waals surface area contributed by atoms with Crippen LogP contribution >= 0.6 is 0 Å². The highest BCUT2D eigenvalue weighted by atomic mass is 14.9. The number of nitrogens with one attached hydrogen (secondary N) is 1. The van der Waals surface area contributed by atoms with Crippen LogP contribution in [0.15, 0.2) is 35.5 Å². The van der Waals surface area contributed by atoms with Crippen LogP contribution in [0.5, 0.6) is 0 Å². The molecular weight excluding hydrogens is 248 g/mol. The number of allylic oxidation sites excluding steroid dienone is 2. The molecule has 1 aromatic rings. The van der Waals surface area contributed by atoms with Gasteiger partial charge in [0.1, 0.15) is 23.9 Å². The van der Waals surface area contributed by atoms with Gasteiger partial charge in [0.2, 0.25) is 0 Å². The second kappa shape index (κ2) is 8.35. The molecule has 1 N–H and O–H groups in total. The average Bonchev–Trinajstić information content (AvgIpc) is 2.49. The highest BCUT2D eigenvalue weighted by Crippen LogP contribution is 2.15. The van der Waals surface area contributed by atoms with Crippen molar-refractivity contribution in [2.45, 2.75) is 32.6 Å². The van der Waals surface area contributed by atoms with Crippen molar-refractivity contribution in [3.8, 4) is 18.2 Å². The maximum atomic E-state index is 8.95. The van der Waals surface area contributed by atoms with E-state index in [-0.39, 0.29) is 11.3 Å². The number of hydrogen-bond acceptors (Lipinski definition) is 4. The van der Waals surface area contributed by atoms with Gasteiger partial charge >= 0.3 is 0 Å². The van der Waals surface area contributed by atoms with E-state index in [9.17, 15) is 0 Å². The van der Waals surface area contributed by atoms with Crippen LogP contribution in [0.3, 0.4) is 0 Å². The first-order valence-electron chi connectivity index (χ1n) is 6.55. The lowest BCUT2D eigenvalue weighted by atomic mass is 10.1. The quantitative estimate of drug-likeness (QED) is 0.627. The van der Waals surface area contributed by atoms with Crippen molar-refractivity contribution in [2.75, 3.05) is 5.32 Å². The topological polar surface area (TPSA) is 83.4 Å². The van der Waals surface area contributed by atoms with Gasteiger partial charge in [-0.15, -0.1) is 0 Å². The van der Waals surface area contributed by atoms with Crippen LogP contribution in [0.2, 0.25) is 0 Å². The molecule has 0 spiro atoms. The van der Waals surface area contributed by atoms with Crippen LogP contribution in [-0.4, -0.2) is 0 Å². The molecule has 0 fully saturated rings. The van der Waals surface area contributed by atoms with Gasteiger partial charge in [-0.1, -0.05) is 31.9 Å². The highest BCUT2D eigenvalue weighted by Gasteiger charge is 2.05. The fraction of sp³-hybridized carbons (Fsp3) is 0.312. The first kappa shape index (κ1) is 15.3. The maximum Gasteiger partial charge on any atom is 0.163 e. The highest BCUT2D eigenvalue weighted by molar-refractivity contribution is 5.58. The number of hydrogen-bond donors (Lipinski definition) is 1. The molecule has 1 aromatic carbocycles. The molecule has 0 heterocycles. The third-order valence-electron chi connectivity index (χ3n) is 2.88. The summed E-state index contributed by atoms with van der Waals surface area (Å²) in [6.07, 6.45) is 4.62. The fourth-order valence-electron chi connectivity index (χ4n) is 1.76. The normalized spacial score (nSPS) is 8.90. The third-order valence-corrected chi connectivity index (χ3v) is 2.88. The molecule has 0 amide bonds. The van der Waals surface area contributed by atoms with E-state index < -0.39 is 0 Å². The van der Waals surface area contributed by atoms with Gasteiger partial charge in [0.05, 0.1) is 0 Å². The Bertz CT molecular complexity index is 575. The van der Waals surface area contributed by atoms with Crippen LogP contribution < -0.4 is 5.32 Å². The number of benzene rings is 1. The molecule has 0 atom stereocenters. The molecule has 0 radical (unpaired) electrons. The van der Waals surface area contributed by atoms with Gasteiger partial charge in [0, 0.05) is 5.69 Å². The summed E-state index contributed by atoms with van der Waals surface area (Å²) in [6.45, 7) is 2.17. The number of nitriles is 3. The molecule has 20 heavy (non-hydrogen) atoms. The lowest BCUT2D eigenvalue weighted by molar-refractivity contribution is 0.717.